The molecule has 4 aromatic rings. The average molecular weight is 594 g/mol. The molecule has 0 atom stereocenters. The van der Waals surface area contributed by atoms with E-state index in [0.717, 1.165) is 22.7 Å². The number of carbonyl (C=O) groups excluding carboxylic acids is 2. The van der Waals surface area contributed by atoms with Gasteiger partial charge in [-0.3, -0.25) is 9.59 Å². The molecular formula is C32H30F3N3O3S. The molecule has 1 N–H and O–H groups in total. The minimum absolute atomic E-state index is 0.103. The van der Waals surface area contributed by atoms with Crippen LogP contribution < -0.4 is 0 Å². The third kappa shape index (κ3) is 6.71. The summed E-state index contributed by atoms with van der Waals surface area (Å²) < 4.78 is 39.1. The molecule has 10 heteroatoms. The Kier molecular flexibility index (Phi) is 9.03. The molecule has 0 spiro atoms. The highest BCUT2D eigenvalue weighted by Crippen LogP contribution is 2.34. The number of hydrogen-bond acceptors (Lipinski definition) is 5. The Balaban J connectivity index is 1.23. The third-order valence-electron chi connectivity index (χ3n) is 7.43. The van der Waals surface area contributed by atoms with Gasteiger partial charge in [-0.15, -0.1) is 11.3 Å². The fraction of sp³-hybridized carbons (Fsp3) is 0.281. The Morgan fingerprint density at radius 3 is 2.29 bits per heavy atom. The summed E-state index contributed by atoms with van der Waals surface area (Å²) in [5, 5.41) is 12.1. The molecule has 42 heavy (non-hydrogen) atoms. The van der Waals surface area contributed by atoms with Crippen LogP contribution in [0.2, 0.25) is 0 Å². The van der Waals surface area contributed by atoms with Gasteiger partial charge in [0, 0.05) is 43.0 Å². The number of amides is 2. The van der Waals surface area contributed by atoms with E-state index in [0.29, 0.717) is 54.9 Å². The van der Waals surface area contributed by atoms with Crippen molar-refractivity contribution < 1.29 is 27.9 Å². The molecule has 0 bridgehead atoms. The molecule has 1 aliphatic heterocycles. The van der Waals surface area contributed by atoms with Gasteiger partial charge in [0.1, 0.15) is 5.69 Å². The van der Waals surface area contributed by atoms with E-state index in [9.17, 15) is 27.9 Å². The number of piperidine rings is 1. The van der Waals surface area contributed by atoms with E-state index in [1.165, 1.54) is 23.5 Å². The molecule has 1 aliphatic rings. The average Bonchev–Trinajstić information content (AvgIpc) is 3.51. The quantitative estimate of drug-likeness (QED) is 0.254. The van der Waals surface area contributed by atoms with Crippen LogP contribution in [-0.4, -0.2) is 57.9 Å². The van der Waals surface area contributed by atoms with Crippen molar-refractivity contribution in [2.75, 3.05) is 26.2 Å². The van der Waals surface area contributed by atoms with Gasteiger partial charge in [-0.25, -0.2) is 4.98 Å². The summed E-state index contributed by atoms with van der Waals surface area (Å²) in [5.74, 6) is -0.298. The normalized spacial score (nSPS) is 14.1. The van der Waals surface area contributed by atoms with Gasteiger partial charge in [0.05, 0.1) is 17.2 Å². The summed E-state index contributed by atoms with van der Waals surface area (Å²) in [5.41, 5.74) is 2.16. The first-order valence-electron chi connectivity index (χ1n) is 13.7. The van der Waals surface area contributed by atoms with Crippen molar-refractivity contribution in [3.63, 3.8) is 0 Å². The van der Waals surface area contributed by atoms with Gasteiger partial charge in [-0.1, -0.05) is 60.7 Å². The van der Waals surface area contributed by atoms with Gasteiger partial charge in [-0.2, -0.15) is 13.2 Å². The zero-order chi connectivity index (χ0) is 29.7. The molecule has 0 unspecified atom stereocenters. The fourth-order valence-electron chi connectivity index (χ4n) is 5.17. The highest BCUT2D eigenvalue weighted by molar-refractivity contribution is 7.09. The predicted molar refractivity (Wildman–Crippen MR) is 155 cm³/mol. The van der Waals surface area contributed by atoms with Crippen LogP contribution in [0.5, 0.6) is 0 Å². The van der Waals surface area contributed by atoms with Crippen molar-refractivity contribution in [2.24, 2.45) is 0 Å². The number of halogens is 3. The van der Waals surface area contributed by atoms with Gasteiger partial charge in [0.25, 0.3) is 11.8 Å². The van der Waals surface area contributed by atoms with Crippen molar-refractivity contribution in [1.82, 2.24) is 14.8 Å². The highest BCUT2D eigenvalue weighted by atomic mass is 32.1. The highest BCUT2D eigenvalue weighted by Gasteiger charge is 2.31. The first-order valence-corrected chi connectivity index (χ1v) is 14.6. The van der Waals surface area contributed by atoms with Gasteiger partial charge >= 0.3 is 6.18 Å². The number of aliphatic hydroxyl groups is 1. The number of carbonyl (C=O) groups is 2. The Bertz CT molecular complexity index is 1520. The summed E-state index contributed by atoms with van der Waals surface area (Å²) in [4.78, 5) is 34.7. The molecule has 3 aromatic carbocycles. The van der Waals surface area contributed by atoms with Crippen molar-refractivity contribution in [3.8, 4) is 11.1 Å². The molecule has 0 saturated carbocycles. The summed E-state index contributed by atoms with van der Waals surface area (Å²) in [6, 6.07) is 21.4. The number of hydrogen-bond donors (Lipinski definition) is 1. The summed E-state index contributed by atoms with van der Waals surface area (Å²) in [6.45, 7) is 1.43. The van der Waals surface area contributed by atoms with E-state index >= 15 is 0 Å². The van der Waals surface area contributed by atoms with Crippen molar-refractivity contribution in [1.29, 1.82) is 0 Å². The molecule has 1 saturated heterocycles. The van der Waals surface area contributed by atoms with E-state index in [2.05, 4.69) is 4.98 Å². The van der Waals surface area contributed by atoms with Gasteiger partial charge in [0.2, 0.25) is 0 Å². The molecule has 0 aliphatic carbocycles. The van der Waals surface area contributed by atoms with Gasteiger partial charge in [0.15, 0.2) is 0 Å². The van der Waals surface area contributed by atoms with Crippen LogP contribution in [0.3, 0.4) is 0 Å². The lowest BCUT2D eigenvalue weighted by Gasteiger charge is -2.31. The number of aromatic nitrogens is 1. The van der Waals surface area contributed by atoms with Crippen LogP contribution in [0.4, 0.5) is 13.2 Å². The Morgan fingerprint density at radius 1 is 0.952 bits per heavy atom. The Labute approximate surface area is 246 Å². The SMILES string of the molecule is O=C(c1csc(C2CCN(C(=O)c3ccccc3-c3ccc(C(F)(F)F)cc3)CC2)n1)N(CCO)Cc1ccccc1. The molecule has 6 nitrogen and oxygen atoms in total. The molecule has 2 heterocycles. The van der Waals surface area contributed by atoms with Crippen LogP contribution in [0.15, 0.2) is 84.2 Å². The number of nitrogens with zero attached hydrogens (tertiary/aromatic N) is 3. The number of aliphatic hydroxyl groups excluding tert-OH is 1. The summed E-state index contributed by atoms with van der Waals surface area (Å²) >= 11 is 1.43. The maximum absolute atomic E-state index is 13.5. The maximum atomic E-state index is 13.5. The first kappa shape index (κ1) is 29.5. The molecule has 1 fully saturated rings. The van der Waals surface area contributed by atoms with E-state index in [1.807, 2.05) is 30.3 Å². The van der Waals surface area contributed by atoms with Crippen molar-refractivity contribution in [2.45, 2.75) is 31.5 Å². The lowest BCUT2D eigenvalue weighted by Crippen LogP contribution is -2.38. The standard InChI is InChI=1S/C32H30F3N3O3S/c33-32(34,35)25-12-10-23(11-13-25)26-8-4-5-9-27(26)30(40)37-16-14-24(15-17-37)29-36-28(21-42-29)31(41)38(18-19-39)20-22-6-2-1-3-7-22/h1-13,21,24,39H,14-20H2. The van der Waals surface area contributed by atoms with Crippen LogP contribution in [0, 0.1) is 0 Å². The lowest BCUT2D eigenvalue weighted by atomic mass is 9.94. The Hall–Kier alpha value is -4.02. The second kappa shape index (κ2) is 12.9. The Morgan fingerprint density at radius 2 is 1.62 bits per heavy atom. The van der Waals surface area contributed by atoms with Crippen LogP contribution in [-0.2, 0) is 12.7 Å². The lowest BCUT2D eigenvalue weighted by molar-refractivity contribution is -0.137. The van der Waals surface area contributed by atoms with Crippen molar-refractivity contribution >= 4 is 23.2 Å². The minimum atomic E-state index is -4.43. The summed E-state index contributed by atoms with van der Waals surface area (Å²) in [6.07, 6.45) is -3.07. The van der Waals surface area contributed by atoms with Crippen molar-refractivity contribution in [3.05, 3.63) is 112 Å². The van der Waals surface area contributed by atoms with E-state index in [1.54, 1.807) is 39.4 Å². The topological polar surface area (TPSA) is 73.7 Å². The number of thiazole rings is 1. The van der Waals surface area contributed by atoms with Gasteiger partial charge in [-0.05, 0) is 47.7 Å². The minimum Gasteiger partial charge on any atom is -0.395 e. The largest absolute Gasteiger partial charge is 0.416 e. The zero-order valence-electron chi connectivity index (χ0n) is 22.8. The molecule has 5 rings (SSSR count). The fourth-order valence-corrected chi connectivity index (χ4v) is 6.14. The zero-order valence-corrected chi connectivity index (χ0v) is 23.6. The van der Waals surface area contributed by atoms with E-state index < -0.39 is 11.7 Å². The van der Waals surface area contributed by atoms with Gasteiger partial charge < -0.3 is 14.9 Å². The smallest absolute Gasteiger partial charge is 0.395 e. The maximum Gasteiger partial charge on any atom is 0.416 e. The number of benzene rings is 3. The van der Waals surface area contributed by atoms with E-state index in [-0.39, 0.29) is 30.9 Å². The number of alkyl halides is 3. The first-order chi connectivity index (χ1) is 20.2. The molecule has 0 radical (unpaired) electrons. The monoisotopic (exact) mass is 593 g/mol. The van der Waals surface area contributed by atoms with E-state index in [4.69, 9.17) is 0 Å². The predicted octanol–water partition coefficient (Wildman–Crippen LogP) is 6.48. The second-order valence-corrected chi connectivity index (χ2v) is 11.1. The van der Waals surface area contributed by atoms with Crippen LogP contribution in [0.25, 0.3) is 11.1 Å². The molecule has 2 amide bonds. The number of rotatable bonds is 8. The summed E-state index contributed by atoms with van der Waals surface area (Å²) in [7, 11) is 0. The molecular weight excluding hydrogens is 563 g/mol. The number of likely N-dealkylation sites (tertiary alicyclic amines) is 1. The second-order valence-electron chi connectivity index (χ2n) is 10.2. The third-order valence-corrected chi connectivity index (χ3v) is 8.43. The van der Waals surface area contributed by atoms with Crippen LogP contribution >= 0.6 is 11.3 Å². The molecule has 218 valence electrons. The molecule has 1 aromatic heterocycles. The van der Waals surface area contributed by atoms with Crippen LogP contribution in [0.1, 0.15) is 55.7 Å².